The van der Waals surface area contributed by atoms with Crippen molar-refractivity contribution in [3.8, 4) is 5.75 Å². The van der Waals surface area contributed by atoms with E-state index in [0.717, 1.165) is 12.1 Å². The van der Waals surface area contributed by atoms with Crippen LogP contribution in [0.15, 0.2) is 120 Å². The first kappa shape index (κ1) is 61.4. The molecule has 5 aromatic rings. The summed E-state index contributed by atoms with van der Waals surface area (Å²) >= 11 is 6.18. The molecule has 1 N–H and O–H groups in total. The Morgan fingerprint density at radius 3 is 1.88 bits per heavy atom. The molecule has 1 aromatic heterocycles. The number of anilines is 4. The molecule has 66 heavy (non-hydrogen) atoms. The molecule has 33 heteroatoms. The van der Waals surface area contributed by atoms with Gasteiger partial charge in [-0.2, -0.15) is 35.4 Å². The number of hydrogen-bond acceptors (Lipinski definition) is 24. The Kier molecular flexibility index (Phi) is 24.1. The Labute approximate surface area is 458 Å². The quantitative estimate of drug-likeness (QED) is 0.0369. The van der Waals surface area contributed by atoms with Gasteiger partial charge in [0.1, 0.15) is 20.2 Å². The zero-order valence-electron chi connectivity index (χ0n) is 34.3. The molecule has 0 fully saturated rings. The van der Waals surface area contributed by atoms with Crippen molar-refractivity contribution in [3.05, 3.63) is 101 Å². The monoisotopic (exact) mass is 1080 g/mol. The van der Waals surface area contributed by atoms with E-state index in [1.54, 1.807) is 13.0 Å². The number of carbonyl (C=O) groups excluding carboxylic acids is 1. The van der Waals surface area contributed by atoms with E-state index in [4.69, 9.17) is 11.6 Å². The largest absolute Gasteiger partial charge is 2.00 e. The number of halogens is 1. The molecule has 5 rings (SSSR count). The fraction of sp³-hybridized carbons (Fsp3) is 0.152. The maximum atomic E-state index is 13.7. The normalized spacial score (nSPS) is 12.3. The Hall–Kier alpha value is -2.59. The number of carboxylic acids is 1. The first-order valence-corrected chi connectivity index (χ1v) is 23.0. The maximum Gasteiger partial charge on any atom is 2.00 e. The van der Waals surface area contributed by atoms with Crippen LogP contribution in [0.2, 0.25) is 5.28 Å². The Morgan fingerprint density at radius 2 is 1.33 bits per heavy atom. The molecule has 4 aromatic carbocycles. The third-order valence-corrected chi connectivity index (χ3v) is 11.9. The van der Waals surface area contributed by atoms with E-state index in [0.29, 0.717) is 18.2 Å². The fourth-order valence-corrected chi connectivity index (χ4v) is 7.76. The van der Waals surface area contributed by atoms with Gasteiger partial charge < -0.3 is 38.9 Å². The first-order chi connectivity index (χ1) is 28.9. The van der Waals surface area contributed by atoms with E-state index in [1.807, 2.05) is 0 Å². The standard InChI is InChI=1S/C33H30ClN9O15S4.Cu.3Na/c1-2-43(20-8-10-21(11-9-20)59(47,48)15-14-58-62(55,56)57)33-37-31(34)36-32(38-33)35-26-17-23(61(52,53)54)18-27(28(26)44)40-42-29(19-6-4-3-5-7-19)41-39-25-16-22(60(49,50)51)12-13-24(25)30(45)46;;;;/h3-13,16-18,29,44H,2,14-15H2,1H3,(H,45,46)(H,49,50,51)(H,52,53,54)(H,55,56,57)(H,35,36,37,38);;;;/q;+2;3*+1/p-5. The Balaban J connectivity index is 0.00000544. The second-order valence-corrected chi connectivity index (χ2v) is 18.3. The van der Waals surface area contributed by atoms with E-state index in [9.17, 15) is 62.3 Å². The summed E-state index contributed by atoms with van der Waals surface area (Å²) in [5.74, 6) is -4.37. The number of sulfone groups is 1. The number of aromatic nitrogens is 3. The molecule has 1 unspecified atom stereocenters. The van der Waals surface area contributed by atoms with E-state index < -0.39 is 114 Å². The second-order valence-electron chi connectivity index (χ2n) is 12.0. The van der Waals surface area contributed by atoms with Crippen LogP contribution in [0.1, 0.15) is 29.0 Å². The average molecular weight is 1080 g/mol. The zero-order chi connectivity index (χ0) is 45.6. The molecule has 0 aliphatic heterocycles. The van der Waals surface area contributed by atoms with E-state index in [-0.39, 0.29) is 134 Å². The van der Waals surface area contributed by atoms with Gasteiger partial charge in [0.2, 0.25) is 33.7 Å². The molecule has 0 spiro atoms. The van der Waals surface area contributed by atoms with Crippen LogP contribution in [-0.2, 0) is 61.7 Å². The van der Waals surface area contributed by atoms with Crippen LogP contribution in [0.25, 0.3) is 0 Å². The Morgan fingerprint density at radius 1 is 0.773 bits per heavy atom. The fourth-order valence-electron chi connectivity index (χ4n) is 5.11. The topological polar surface area (TPSA) is 382 Å². The molecule has 0 amide bonds. The van der Waals surface area contributed by atoms with Crippen molar-refractivity contribution in [2.45, 2.75) is 27.8 Å². The number of carbonyl (C=O) groups is 1. The summed E-state index contributed by atoms with van der Waals surface area (Å²) < 4.78 is 133. The molecule has 1 radical (unpaired) electrons. The van der Waals surface area contributed by atoms with E-state index >= 15 is 0 Å². The maximum absolute atomic E-state index is 13.7. The Bertz CT molecular complexity index is 3040. The van der Waals surface area contributed by atoms with Gasteiger partial charge in [-0.05, 0) is 73.1 Å². The molecule has 0 saturated heterocycles. The number of azo groups is 2. The molecule has 1 atom stereocenters. The predicted molar refractivity (Wildman–Crippen MR) is 206 cm³/mol. The number of nitrogens with one attached hydrogen (secondary N) is 1. The van der Waals surface area contributed by atoms with Gasteiger partial charge >= 0.3 is 106 Å². The van der Waals surface area contributed by atoms with E-state index in [1.165, 1.54) is 53.4 Å². The van der Waals surface area contributed by atoms with Gasteiger partial charge in [-0.1, -0.05) is 36.1 Å². The number of nitrogens with zero attached hydrogens (tertiary/aromatic N) is 8. The summed E-state index contributed by atoms with van der Waals surface area (Å²) in [6.07, 6.45) is -1.54. The van der Waals surface area contributed by atoms with Gasteiger partial charge in [-0.15, -0.1) is 0 Å². The third-order valence-electron chi connectivity index (χ3n) is 7.94. The molecule has 1 heterocycles. The van der Waals surface area contributed by atoms with Gasteiger partial charge in [0.15, 0.2) is 9.84 Å². The molecule has 0 bridgehead atoms. The minimum atomic E-state index is -5.31. The third kappa shape index (κ3) is 17.1. The summed E-state index contributed by atoms with van der Waals surface area (Å²) in [6.45, 7) is 0.840. The summed E-state index contributed by atoms with van der Waals surface area (Å²) in [5.41, 5.74) is -2.20. The minimum absolute atomic E-state index is 0. The van der Waals surface area contributed by atoms with E-state index in [2.05, 4.69) is 44.9 Å². The van der Waals surface area contributed by atoms with Crippen LogP contribution >= 0.6 is 11.6 Å². The number of rotatable bonds is 18. The van der Waals surface area contributed by atoms with Gasteiger partial charge in [-0.3, -0.25) is 4.18 Å². The van der Waals surface area contributed by atoms with Crippen LogP contribution in [0.5, 0.6) is 5.75 Å². The molecule has 0 saturated carbocycles. The van der Waals surface area contributed by atoms with Crippen LogP contribution in [0.3, 0.4) is 0 Å². The summed E-state index contributed by atoms with van der Waals surface area (Å²) in [5, 5.41) is 42.8. The molecule has 0 aliphatic carbocycles. The summed E-state index contributed by atoms with van der Waals surface area (Å²) in [4.78, 5) is 23.2. The van der Waals surface area contributed by atoms with Gasteiger partial charge in [0.05, 0.1) is 44.4 Å². The van der Waals surface area contributed by atoms with Crippen LogP contribution in [-0.4, -0.2) is 87.2 Å². The smallest absolute Gasteiger partial charge is 0.870 e. The zero-order valence-corrected chi connectivity index (χ0v) is 45.3. The van der Waals surface area contributed by atoms with Gasteiger partial charge in [-0.25, -0.2) is 33.7 Å². The van der Waals surface area contributed by atoms with Crippen molar-refractivity contribution in [2.24, 2.45) is 20.5 Å². The van der Waals surface area contributed by atoms with Crippen LogP contribution in [0.4, 0.5) is 34.6 Å². The van der Waals surface area contributed by atoms with Crippen molar-refractivity contribution in [3.63, 3.8) is 0 Å². The summed E-state index contributed by atoms with van der Waals surface area (Å²) in [7, 11) is -19.6. The van der Waals surface area contributed by atoms with Crippen molar-refractivity contribution in [2.75, 3.05) is 29.1 Å². The van der Waals surface area contributed by atoms with Gasteiger partial charge in [0, 0.05) is 29.0 Å². The number of hydrogen-bond donors (Lipinski definition) is 1. The average Bonchev–Trinajstić information content (AvgIpc) is 3.18. The SMILES string of the molecule is CCN(c1ccc(S(=O)(=O)CCOS(=O)(=O)[O-])cc1)c1nc(Cl)nc(Nc2cc(S(=O)(=O)[O-])cc(N=NC(N=Nc3cc(S(=O)(=O)[O-])ccc3C(=O)[O-])c3ccccc3)c2[O-])n1.[Cu+2].[Na+].[Na+].[Na+]. The van der Waals surface area contributed by atoms with Crippen molar-refractivity contribution >= 4 is 92.7 Å². The number of carboxylic acid groups (broad SMARTS) is 1. The van der Waals surface area contributed by atoms with Gasteiger partial charge in [0.25, 0.3) is 0 Å². The van der Waals surface area contributed by atoms with Crippen molar-refractivity contribution in [1.82, 2.24) is 15.0 Å². The number of aromatic carboxylic acids is 1. The van der Waals surface area contributed by atoms with Crippen molar-refractivity contribution < 1.29 is 172 Å². The second kappa shape index (κ2) is 25.9. The molecule has 0 aliphatic rings. The minimum Gasteiger partial charge on any atom is -0.870 e. The summed E-state index contributed by atoms with van der Waals surface area (Å²) in [6, 6.07) is 15.9. The molecular formula is C33H25ClCuN9Na3O15S4. The first-order valence-electron chi connectivity index (χ1n) is 16.8. The predicted octanol–water partition coefficient (Wildman–Crippen LogP) is -6.50. The van der Waals surface area contributed by atoms with Crippen LogP contribution in [0, 0.1) is 0 Å². The number of benzene rings is 4. The molecular weight excluding hydrogens is 1060 g/mol. The van der Waals surface area contributed by atoms with Crippen LogP contribution < -0.4 is 109 Å². The van der Waals surface area contributed by atoms with Crippen molar-refractivity contribution in [1.29, 1.82) is 0 Å². The molecule has 337 valence electrons. The molecule has 24 nitrogen and oxygen atoms in total.